The van der Waals surface area contributed by atoms with Crippen LogP contribution in [0.3, 0.4) is 0 Å². The Bertz CT molecular complexity index is 480. The van der Waals surface area contributed by atoms with E-state index >= 15 is 0 Å². The average molecular weight is 329 g/mol. The molecule has 0 aliphatic heterocycles. The molecule has 0 amide bonds. The second kappa shape index (κ2) is 5.29. The van der Waals surface area contributed by atoms with Crippen molar-refractivity contribution in [2.45, 2.75) is 0 Å². The van der Waals surface area contributed by atoms with E-state index in [-0.39, 0.29) is 5.75 Å². The van der Waals surface area contributed by atoms with Crippen molar-refractivity contribution in [3.05, 3.63) is 16.0 Å². The van der Waals surface area contributed by atoms with E-state index < -0.39 is 9.84 Å². The van der Waals surface area contributed by atoms with Gasteiger partial charge in [0.15, 0.2) is 0 Å². The molecule has 0 aromatic carbocycles. The van der Waals surface area contributed by atoms with Crippen LogP contribution in [0.25, 0.3) is 0 Å². The Hall–Kier alpha value is -0.400. The van der Waals surface area contributed by atoms with Gasteiger partial charge in [-0.3, -0.25) is 0 Å². The Morgan fingerprint density at radius 2 is 2.12 bits per heavy atom. The minimum absolute atomic E-state index is 0.0670. The van der Waals surface area contributed by atoms with E-state index in [1.165, 1.54) is 12.6 Å². The highest BCUT2D eigenvalue weighted by Crippen LogP contribution is 2.28. The van der Waals surface area contributed by atoms with Crippen molar-refractivity contribution in [2.24, 2.45) is 0 Å². The summed E-state index contributed by atoms with van der Waals surface area (Å²) in [6.45, 7) is 0.352. The standard InChI is InChI=1S/C8H11BrClN3O2S/c1-13(3-4-16(2,14)15)8-6(9)7(10)11-5-12-8/h5H,3-4H2,1-2H3. The molecule has 16 heavy (non-hydrogen) atoms. The minimum Gasteiger partial charge on any atom is -0.358 e. The van der Waals surface area contributed by atoms with Crippen LogP contribution in [0, 0.1) is 0 Å². The van der Waals surface area contributed by atoms with Crippen LogP contribution >= 0.6 is 27.5 Å². The van der Waals surface area contributed by atoms with Crippen molar-refractivity contribution in [2.75, 3.05) is 30.5 Å². The van der Waals surface area contributed by atoms with Crippen molar-refractivity contribution >= 4 is 43.2 Å². The van der Waals surface area contributed by atoms with Crippen LogP contribution in [-0.4, -0.2) is 44.0 Å². The number of nitrogens with zero attached hydrogens (tertiary/aromatic N) is 3. The largest absolute Gasteiger partial charge is 0.358 e. The summed E-state index contributed by atoms with van der Waals surface area (Å²) in [5, 5.41) is 0.302. The Morgan fingerprint density at radius 3 is 2.69 bits per heavy atom. The van der Waals surface area contributed by atoms with Gasteiger partial charge in [0.25, 0.3) is 0 Å². The van der Waals surface area contributed by atoms with E-state index in [9.17, 15) is 8.42 Å². The van der Waals surface area contributed by atoms with Gasteiger partial charge in [-0.2, -0.15) is 0 Å². The molecular formula is C8H11BrClN3O2S. The van der Waals surface area contributed by atoms with E-state index in [0.29, 0.717) is 22.0 Å². The van der Waals surface area contributed by atoms with Crippen LogP contribution < -0.4 is 4.90 Å². The van der Waals surface area contributed by atoms with E-state index in [1.54, 1.807) is 11.9 Å². The molecule has 0 N–H and O–H groups in total. The molecule has 90 valence electrons. The zero-order chi connectivity index (χ0) is 12.3. The summed E-state index contributed by atoms with van der Waals surface area (Å²) < 4.78 is 22.6. The number of rotatable bonds is 4. The molecule has 0 atom stereocenters. The maximum absolute atomic E-state index is 11.0. The number of halogens is 2. The van der Waals surface area contributed by atoms with Crippen LogP contribution in [0.5, 0.6) is 0 Å². The predicted molar refractivity (Wildman–Crippen MR) is 67.7 cm³/mol. The summed E-state index contributed by atoms with van der Waals surface area (Å²) >= 11 is 9.06. The fourth-order valence-corrected chi connectivity index (χ4v) is 2.26. The predicted octanol–water partition coefficient (Wildman–Crippen LogP) is 1.37. The van der Waals surface area contributed by atoms with Crippen LogP contribution in [0.15, 0.2) is 10.8 Å². The highest BCUT2D eigenvalue weighted by Gasteiger charge is 2.12. The number of hydrogen-bond donors (Lipinski definition) is 0. The first kappa shape index (κ1) is 13.7. The molecule has 1 heterocycles. The zero-order valence-corrected chi connectivity index (χ0v) is 12.0. The number of hydrogen-bond acceptors (Lipinski definition) is 5. The van der Waals surface area contributed by atoms with Gasteiger partial charge in [0.1, 0.15) is 27.1 Å². The topological polar surface area (TPSA) is 63.2 Å². The summed E-state index contributed by atoms with van der Waals surface area (Å²) in [6.07, 6.45) is 2.53. The van der Waals surface area contributed by atoms with Gasteiger partial charge in [0, 0.05) is 19.8 Å². The molecule has 0 spiro atoms. The lowest BCUT2D eigenvalue weighted by molar-refractivity contribution is 0.601. The second-order valence-corrected chi connectivity index (χ2v) is 6.76. The lowest BCUT2D eigenvalue weighted by Crippen LogP contribution is -2.26. The Kier molecular flexibility index (Phi) is 4.52. The van der Waals surface area contributed by atoms with Crippen LogP contribution in [0.4, 0.5) is 5.82 Å². The SMILES string of the molecule is CN(CCS(C)(=O)=O)c1ncnc(Cl)c1Br. The number of sulfone groups is 1. The van der Waals surface area contributed by atoms with E-state index in [2.05, 4.69) is 25.9 Å². The maximum atomic E-state index is 11.0. The first-order valence-corrected chi connectivity index (χ1v) is 7.59. The monoisotopic (exact) mass is 327 g/mol. The lowest BCUT2D eigenvalue weighted by atomic mass is 10.5. The Labute approximate surface area is 108 Å². The van der Waals surface area contributed by atoms with Gasteiger partial charge >= 0.3 is 0 Å². The maximum Gasteiger partial charge on any atom is 0.149 e. The summed E-state index contributed by atoms with van der Waals surface area (Å²) in [5.74, 6) is 0.640. The quantitative estimate of drug-likeness (QED) is 0.781. The highest BCUT2D eigenvalue weighted by atomic mass is 79.9. The molecule has 0 fully saturated rings. The van der Waals surface area contributed by atoms with Gasteiger partial charge in [-0.25, -0.2) is 18.4 Å². The third-order valence-corrected chi connectivity index (χ3v) is 4.06. The molecule has 0 aliphatic carbocycles. The summed E-state index contributed by atoms with van der Waals surface area (Å²) in [5.41, 5.74) is 0. The van der Waals surface area contributed by atoms with E-state index in [0.717, 1.165) is 0 Å². The molecule has 0 bridgehead atoms. The van der Waals surface area contributed by atoms with Gasteiger partial charge in [0.05, 0.1) is 10.2 Å². The molecule has 0 aliphatic rings. The molecule has 0 saturated heterocycles. The fourth-order valence-electron chi connectivity index (χ4n) is 1.01. The van der Waals surface area contributed by atoms with Crippen LogP contribution in [0.2, 0.25) is 5.15 Å². The molecule has 1 aromatic heterocycles. The average Bonchev–Trinajstić information content (AvgIpc) is 2.17. The molecule has 1 aromatic rings. The van der Waals surface area contributed by atoms with Gasteiger partial charge in [-0.1, -0.05) is 11.6 Å². The lowest BCUT2D eigenvalue weighted by Gasteiger charge is -2.18. The zero-order valence-electron chi connectivity index (χ0n) is 8.81. The van der Waals surface area contributed by atoms with E-state index in [1.807, 2.05) is 0 Å². The van der Waals surface area contributed by atoms with Gasteiger partial charge in [-0.15, -0.1) is 0 Å². The second-order valence-electron chi connectivity index (χ2n) is 3.35. The van der Waals surface area contributed by atoms with Gasteiger partial charge < -0.3 is 4.90 Å². The molecule has 5 nitrogen and oxygen atoms in total. The van der Waals surface area contributed by atoms with Crippen LogP contribution in [-0.2, 0) is 9.84 Å². The smallest absolute Gasteiger partial charge is 0.149 e. The normalized spacial score (nSPS) is 11.5. The third-order valence-electron chi connectivity index (χ3n) is 1.89. The molecule has 0 unspecified atom stereocenters. The van der Waals surface area contributed by atoms with Crippen LogP contribution in [0.1, 0.15) is 0 Å². The summed E-state index contributed by atoms with van der Waals surface area (Å²) in [6, 6.07) is 0. The Balaban J connectivity index is 2.81. The highest BCUT2D eigenvalue weighted by molar-refractivity contribution is 9.10. The first-order chi connectivity index (χ1) is 7.31. The fraction of sp³-hybridized carbons (Fsp3) is 0.500. The Morgan fingerprint density at radius 1 is 1.50 bits per heavy atom. The molecular weight excluding hydrogens is 318 g/mol. The van der Waals surface area contributed by atoms with Crippen molar-refractivity contribution in [3.8, 4) is 0 Å². The van der Waals surface area contributed by atoms with Crippen molar-refractivity contribution in [1.82, 2.24) is 9.97 Å². The molecule has 0 radical (unpaired) electrons. The summed E-state index contributed by atoms with van der Waals surface area (Å²) in [7, 11) is -1.24. The number of anilines is 1. The molecule has 8 heteroatoms. The van der Waals surface area contributed by atoms with Crippen molar-refractivity contribution in [3.63, 3.8) is 0 Å². The third kappa shape index (κ3) is 3.88. The van der Waals surface area contributed by atoms with Gasteiger partial charge in [0.2, 0.25) is 0 Å². The first-order valence-electron chi connectivity index (χ1n) is 4.36. The number of aromatic nitrogens is 2. The summed E-state index contributed by atoms with van der Waals surface area (Å²) in [4.78, 5) is 9.53. The minimum atomic E-state index is -2.98. The molecule has 1 rings (SSSR count). The molecule has 0 saturated carbocycles. The van der Waals surface area contributed by atoms with Crippen molar-refractivity contribution < 1.29 is 8.42 Å². The van der Waals surface area contributed by atoms with Crippen molar-refractivity contribution in [1.29, 1.82) is 0 Å². The van der Waals surface area contributed by atoms with Gasteiger partial charge in [-0.05, 0) is 15.9 Å². The van der Waals surface area contributed by atoms with E-state index in [4.69, 9.17) is 11.6 Å².